The number of allylic oxidation sites excluding steroid dienone is 2. The second-order valence-electron chi connectivity index (χ2n) is 4.93. The lowest BCUT2D eigenvalue weighted by Gasteiger charge is -2.16. The van der Waals surface area contributed by atoms with E-state index in [0.717, 1.165) is 6.08 Å². The van der Waals surface area contributed by atoms with Gasteiger partial charge >= 0.3 is 5.97 Å². The normalized spacial score (nSPS) is 11.4. The number of hydrogen-bond donors (Lipinski definition) is 0. The Morgan fingerprint density at radius 1 is 0.741 bits per heavy atom. The molecule has 0 aromatic carbocycles. The van der Waals surface area contributed by atoms with E-state index in [1.165, 1.54) is 12.2 Å². The minimum atomic E-state index is -0.672. The number of esters is 1. The predicted molar refractivity (Wildman–Crippen MR) is 94.3 cm³/mol. The number of ether oxygens (including phenoxy) is 2. The molecule has 0 bridgehead atoms. The second kappa shape index (κ2) is 17.3. The van der Waals surface area contributed by atoms with Crippen molar-refractivity contribution >= 4 is 17.5 Å². The zero-order valence-corrected chi connectivity index (χ0v) is 15.3. The van der Waals surface area contributed by atoms with Gasteiger partial charge in [-0.15, -0.1) is 0 Å². The summed E-state index contributed by atoms with van der Waals surface area (Å²) >= 11 is 0. The quantitative estimate of drug-likeness (QED) is 0.107. The van der Waals surface area contributed by atoms with E-state index in [0.29, 0.717) is 0 Å². The molecule has 0 aliphatic carbocycles. The summed E-state index contributed by atoms with van der Waals surface area (Å²) in [5.41, 5.74) is 0. The molecule has 0 fully saturated rings. The van der Waals surface area contributed by atoms with Crippen molar-refractivity contribution in [1.29, 1.82) is 0 Å². The number of hydrogen-bond acceptors (Lipinski definition) is 9. The molecule has 0 aromatic rings. The molecule has 0 amide bonds. The topological polar surface area (TPSA) is 107 Å². The third-order valence-electron chi connectivity index (χ3n) is 2.80. The number of rotatable bonds is 19. The van der Waals surface area contributed by atoms with Gasteiger partial charge in [0.15, 0.2) is 11.6 Å². The summed E-state index contributed by atoms with van der Waals surface area (Å²) in [5, 5.41) is 0. The Kier molecular flexibility index (Phi) is 15.9. The van der Waals surface area contributed by atoms with Crippen molar-refractivity contribution in [3.05, 3.63) is 38.0 Å². The minimum Gasteiger partial charge on any atom is -0.460 e. The zero-order valence-electron chi connectivity index (χ0n) is 15.3. The molecule has 0 aliphatic heterocycles. The van der Waals surface area contributed by atoms with E-state index >= 15 is 0 Å². The van der Waals surface area contributed by atoms with Gasteiger partial charge in [0.05, 0.1) is 26.4 Å². The molecule has 9 nitrogen and oxygen atoms in total. The molecule has 27 heavy (non-hydrogen) atoms. The summed E-state index contributed by atoms with van der Waals surface area (Å²) in [6.45, 7) is 10.2. The SMILES string of the molecule is C=CC(=O)CCOOCC(COCCOC(=O)C=C)OOCCC(=O)C=C. The molecule has 0 aromatic heterocycles. The highest BCUT2D eigenvalue weighted by Gasteiger charge is 2.13. The molecule has 152 valence electrons. The van der Waals surface area contributed by atoms with Crippen LogP contribution in [0.15, 0.2) is 38.0 Å². The maximum atomic E-state index is 11.1. The average Bonchev–Trinajstić information content (AvgIpc) is 2.68. The Morgan fingerprint density at radius 2 is 1.37 bits per heavy atom. The van der Waals surface area contributed by atoms with Gasteiger partial charge < -0.3 is 9.47 Å². The van der Waals surface area contributed by atoms with E-state index in [9.17, 15) is 14.4 Å². The molecule has 0 radical (unpaired) electrons. The molecule has 0 aliphatic rings. The van der Waals surface area contributed by atoms with Gasteiger partial charge in [-0.3, -0.25) is 9.59 Å². The van der Waals surface area contributed by atoms with Crippen molar-refractivity contribution in [2.24, 2.45) is 0 Å². The van der Waals surface area contributed by atoms with Crippen molar-refractivity contribution in [3.63, 3.8) is 0 Å². The molecule has 0 heterocycles. The average molecular weight is 386 g/mol. The first-order chi connectivity index (χ1) is 13.0. The van der Waals surface area contributed by atoms with E-state index in [-0.39, 0.29) is 64.0 Å². The number of carbonyl (C=O) groups is 3. The van der Waals surface area contributed by atoms with E-state index in [4.69, 9.17) is 29.0 Å². The molecule has 0 spiro atoms. The van der Waals surface area contributed by atoms with Crippen LogP contribution in [0, 0.1) is 0 Å². The Hall–Kier alpha value is -2.17. The fourth-order valence-corrected chi connectivity index (χ4v) is 1.39. The van der Waals surface area contributed by atoms with Crippen molar-refractivity contribution in [1.82, 2.24) is 0 Å². The molecule has 1 atom stereocenters. The Labute approximate surface area is 158 Å². The maximum Gasteiger partial charge on any atom is 0.330 e. The molecule has 1 unspecified atom stereocenters. The molecular weight excluding hydrogens is 360 g/mol. The third kappa shape index (κ3) is 15.8. The lowest BCUT2D eigenvalue weighted by Crippen LogP contribution is -2.27. The summed E-state index contributed by atoms with van der Waals surface area (Å²) < 4.78 is 10.1. The molecule has 9 heteroatoms. The van der Waals surface area contributed by atoms with E-state index in [1.54, 1.807) is 0 Å². The third-order valence-corrected chi connectivity index (χ3v) is 2.80. The highest BCUT2D eigenvalue weighted by molar-refractivity contribution is 5.89. The summed E-state index contributed by atoms with van der Waals surface area (Å²) in [7, 11) is 0. The summed E-state index contributed by atoms with van der Waals surface area (Å²) in [6.07, 6.45) is 3.02. The van der Waals surface area contributed by atoms with E-state index < -0.39 is 12.1 Å². The molecule has 0 saturated carbocycles. The summed E-state index contributed by atoms with van der Waals surface area (Å²) in [4.78, 5) is 52.9. The van der Waals surface area contributed by atoms with Crippen molar-refractivity contribution in [3.8, 4) is 0 Å². The Morgan fingerprint density at radius 3 is 1.96 bits per heavy atom. The van der Waals surface area contributed by atoms with Crippen molar-refractivity contribution in [2.45, 2.75) is 18.9 Å². The number of ketones is 2. The first-order valence-electron chi connectivity index (χ1n) is 8.23. The van der Waals surface area contributed by atoms with Gasteiger partial charge in [-0.2, -0.15) is 0 Å². The van der Waals surface area contributed by atoms with Gasteiger partial charge in [-0.25, -0.2) is 24.3 Å². The van der Waals surface area contributed by atoms with Gasteiger partial charge in [0.2, 0.25) is 0 Å². The van der Waals surface area contributed by atoms with Crippen LogP contribution in [0.25, 0.3) is 0 Å². The van der Waals surface area contributed by atoms with Crippen LogP contribution in [0.4, 0.5) is 0 Å². The van der Waals surface area contributed by atoms with Crippen LogP contribution in [0.5, 0.6) is 0 Å². The van der Waals surface area contributed by atoms with Gasteiger partial charge in [-0.05, 0) is 12.2 Å². The van der Waals surface area contributed by atoms with E-state index in [1.807, 2.05) is 0 Å². The largest absolute Gasteiger partial charge is 0.460 e. The van der Waals surface area contributed by atoms with Gasteiger partial charge in [-0.1, -0.05) is 19.7 Å². The smallest absolute Gasteiger partial charge is 0.330 e. The van der Waals surface area contributed by atoms with Crippen LogP contribution in [0.3, 0.4) is 0 Å². The molecule has 0 saturated heterocycles. The zero-order chi connectivity index (χ0) is 20.3. The first kappa shape index (κ1) is 24.8. The maximum absolute atomic E-state index is 11.1. The molecule has 0 N–H and O–H groups in total. The number of carbonyl (C=O) groups excluding carboxylic acids is 3. The minimum absolute atomic E-state index is 0.0347. The van der Waals surface area contributed by atoms with Crippen LogP contribution >= 0.6 is 0 Å². The Balaban J connectivity index is 4.07. The van der Waals surface area contributed by atoms with Crippen LogP contribution in [-0.2, 0) is 43.4 Å². The molecule has 0 rings (SSSR count). The van der Waals surface area contributed by atoms with Gasteiger partial charge in [0.25, 0.3) is 0 Å². The first-order valence-corrected chi connectivity index (χ1v) is 8.23. The van der Waals surface area contributed by atoms with Gasteiger partial charge in [0.1, 0.15) is 19.3 Å². The lowest BCUT2D eigenvalue weighted by atomic mass is 10.3. The van der Waals surface area contributed by atoms with Crippen LogP contribution in [0.1, 0.15) is 12.8 Å². The fourth-order valence-electron chi connectivity index (χ4n) is 1.39. The van der Waals surface area contributed by atoms with Crippen LogP contribution in [0.2, 0.25) is 0 Å². The van der Waals surface area contributed by atoms with Crippen molar-refractivity contribution in [2.75, 3.05) is 39.6 Å². The summed E-state index contributed by atoms with van der Waals surface area (Å²) in [5.74, 6) is -0.895. The fraction of sp³-hybridized carbons (Fsp3) is 0.500. The molecular formula is C18H26O9. The van der Waals surface area contributed by atoms with Crippen LogP contribution < -0.4 is 0 Å². The van der Waals surface area contributed by atoms with Crippen LogP contribution in [-0.4, -0.2) is 63.3 Å². The second-order valence-corrected chi connectivity index (χ2v) is 4.93. The van der Waals surface area contributed by atoms with Gasteiger partial charge in [0, 0.05) is 18.9 Å². The lowest BCUT2D eigenvalue weighted by molar-refractivity contribution is -0.370. The predicted octanol–water partition coefficient (Wildman–Crippen LogP) is 1.29. The van der Waals surface area contributed by atoms with Crippen molar-refractivity contribution < 1.29 is 43.4 Å². The highest BCUT2D eigenvalue weighted by Crippen LogP contribution is 2.00. The Bertz CT molecular complexity index is 457. The van der Waals surface area contributed by atoms with E-state index in [2.05, 4.69) is 19.7 Å². The summed E-state index contributed by atoms with van der Waals surface area (Å²) in [6, 6.07) is 0. The monoisotopic (exact) mass is 386 g/mol. The standard InChI is InChI=1S/C18H26O9/c1-4-15(19)7-9-24-26-14-17(27-25-10-8-16(20)5-2)13-22-11-12-23-18(21)6-3/h4-6,17H,1-3,7-14H2. The highest BCUT2D eigenvalue weighted by atomic mass is 17.2.